The number of piperidine rings is 1. The number of aromatic nitrogens is 3. The van der Waals surface area contributed by atoms with Gasteiger partial charge in [0.05, 0.1) is 6.04 Å². The molecule has 1 saturated heterocycles. The minimum Gasteiger partial charge on any atom is -0.371 e. The highest BCUT2D eigenvalue weighted by Gasteiger charge is 2.26. The van der Waals surface area contributed by atoms with Crippen molar-refractivity contribution in [3.63, 3.8) is 0 Å². The van der Waals surface area contributed by atoms with Crippen LogP contribution in [0.3, 0.4) is 0 Å². The van der Waals surface area contributed by atoms with Crippen LogP contribution in [0.2, 0.25) is 0 Å². The first kappa shape index (κ1) is 17.0. The maximum absolute atomic E-state index is 4.45. The van der Waals surface area contributed by atoms with Crippen LogP contribution in [0.5, 0.6) is 0 Å². The monoisotopic (exact) mass is 327 g/mol. The topological polar surface area (TPSA) is 46.0 Å². The molecule has 0 bridgehead atoms. The van der Waals surface area contributed by atoms with E-state index in [2.05, 4.69) is 65.3 Å². The van der Waals surface area contributed by atoms with Crippen LogP contribution in [-0.4, -0.2) is 33.9 Å². The lowest BCUT2D eigenvalue weighted by molar-refractivity contribution is 0.305. The highest BCUT2D eigenvalue weighted by Crippen LogP contribution is 2.24. The van der Waals surface area contributed by atoms with E-state index in [-0.39, 0.29) is 6.04 Å². The summed E-state index contributed by atoms with van der Waals surface area (Å²) in [4.78, 5) is 6.94. The average molecular weight is 327 g/mol. The van der Waals surface area contributed by atoms with Crippen molar-refractivity contribution in [3.05, 3.63) is 42.0 Å². The standard InChI is InChI=1S/C19H29N5/c1-14(2)18(19-20-13-21-23(19)4)22-16-9-11-24(12-10-16)17-7-5-15(3)6-8-17/h5-8,13-14,16,18,22H,9-12H2,1-4H3. The Hall–Kier alpha value is -1.88. The van der Waals surface area contributed by atoms with Crippen molar-refractivity contribution in [1.29, 1.82) is 0 Å². The highest BCUT2D eigenvalue weighted by molar-refractivity contribution is 5.47. The van der Waals surface area contributed by atoms with Gasteiger partial charge in [-0.2, -0.15) is 5.10 Å². The fourth-order valence-electron chi connectivity index (χ4n) is 3.47. The molecule has 2 heterocycles. The van der Waals surface area contributed by atoms with E-state index in [0.717, 1.165) is 31.8 Å². The van der Waals surface area contributed by atoms with E-state index in [9.17, 15) is 0 Å². The molecule has 5 heteroatoms. The zero-order valence-electron chi connectivity index (χ0n) is 15.2. The van der Waals surface area contributed by atoms with Gasteiger partial charge in [0.25, 0.3) is 0 Å². The first-order valence-electron chi connectivity index (χ1n) is 8.96. The molecule has 1 aliphatic heterocycles. The number of nitrogens with zero attached hydrogens (tertiary/aromatic N) is 4. The van der Waals surface area contributed by atoms with Gasteiger partial charge in [0.15, 0.2) is 0 Å². The molecule has 0 spiro atoms. The lowest BCUT2D eigenvalue weighted by atomic mass is 9.98. The molecule has 1 unspecified atom stereocenters. The molecule has 3 rings (SSSR count). The Labute approximate surface area is 145 Å². The minimum atomic E-state index is 0.258. The van der Waals surface area contributed by atoms with Crippen molar-refractivity contribution in [3.8, 4) is 0 Å². The van der Waals surface area contributed by atoms with Crippen molar-refractivity contribution < 1.29 is 0 Å². The number of nitrogens with one attached hydrogen (secondary N) is 1. The molecule has 0 amide bonds. The second-order valence-corrected chi connectivity index (χ2v) is 7.23. The lowest BCUT2D eigenvalue weighted by Gasteiger charge is -2.36. The van der Waals surface area contributed by atoms with Gasteiger partial charge in [-0.25, -0.2) is 4.98 Å². The Balaban J connectivity index is 1.60. The summed E-state index contributed by atoms with van der Waals surface area (Å²) >= 11 is 0. The van der Waals surface area contributed by atoms with Crippen LogP contribution in [0.25, 0.3) is 0 Å². The lowest BCUT2D eigenvalue weighted by Crippen LogP contribution is -2.45. The zero-order valence-corrected chi connectivity index (χ0v) is 15.2. The normalized spacial score (nSPS) is 17.5. The molecular formula is C19H29N5. The highest BCUT2D eigenvalue weighted by atomic mass is 15.3. The Morgan fingerprint density at radius 2 is 1.79 bits per heavy atom. The smallest absolute Gasteiger partial charge is 0.143 e. The maximum atomic E-state index is 4.45. The maximum Gasteiger partial charge on any atom is 0.143 e. The summed E-state index contributed by atoms with van der Waals surface area (Å²) in [6.45, 7) is 8.83. The quantitative estimate of drug-likeness (QED) is 0.917. The van der Waals surface area contributed by atoms with Crippen molar-refractivity contribution in [1.82, 2.24) is 20.1 Å². The molecule has 130 valence electrons. The second-order valence-electron chi connectivity index (χ2n) is 7.23. The Morgan fingerprint density at radius 1 is 1.12 bits per heavy atom. The van der Waals surface area contributed by atoms with Gasteiger partial charge in [0.1, 0.15) is 12.2 Å². The summed E-state index contributed by atoms with van der Waals surface area (Å²) in [7, 11) is 1.97. The molecule has 1 aliphatic rings. The van der Waals surface area contributed by atoms with Crippen LogP contribution >= 0.6 is 0 Å². The van der Waals surface area contributed by atoms with Crippen LogP contribution < -0.4 is 10.2 Å². The third-order valence-corrected chi connectivity index (χ3v) is 5.00. The van der Waals surface area contributed by atoms with Gasteiger partial charge in [0.2, 0.25) is 0 Å². The van der Waals surface area contributed by atoms with E-state index in [1.54, 1.807) is 6.33 Å². The number of benzene rings is 1. The van der Waals surface area contributed by atoms with Crippen molar-refractivity contribution in [2.75, 3.05) is 18.0 Å². The fourth-order valence-corrected chi connectivity index (χ4v) is 3.47. The molecule has 0 aliphatic carbocycles. The second kappa shape index (κ2) is 7.34. The zero-order chi connectivity index (χ0) is 17.1. The summed E-state index contributed by atoms with van der Waals surface area (Å²) < 4.78 is 1.89. The molecule has 0 saturated carbocycles. The molecule has 1 aromatic heterocycles. The Morgan fingerprint density at radius 3 is 2.33 bits per heavy atom. The summed E-state index contributed by atoms with van der Waals surface area (Å²) in [6.07, 6.45) is 3.97. The van der Waals surface area contributed by atoms with Gasteiger partial charge in [-0.3, -0.25) is 4.68 Å². The summed E-state index contributed by atoms with van der Waals surface area (Å²) in [5, 5.41) is 8.06. The Kier molecular flexibility index (Phi) is 5.19. The number of hydrogen-bond acceptors (Lipinski definition) is 4. The summed E-state index contributed by atoms with van der Waals surface area (Å²) in [6, 6.07) is 9.66. The van der Waals surface area contributed by atoms with E-state index < -0.39 is 0 Å². The third kappa shape index (κ3) is 3.78. The average Bonchev–Trinajstić information content (AvgIpc) is 2.99. The SMILES string of the molecule is Cc1ccc(N2CCC(NC(c3ncnn3C)C(C)C)CC2)cc1. The molecule has 2 aromatic rings. The molecule has 1 aromatic carbocycles. The number of rotatable bonds is 5. The predicted octanol–water partition coefficient (Wildman–Crippen LogP) is 3.08. The van der Waals surface area contributed by atoms with Crippen LogP contribution in [0, 0.1) is 12.8 Å². The van der Waals surface area contributed by atoms with Crippen molar-refractivity contribution >= 4 is 5.69 Å². The summed E-state index contributed by atoms with van der Waals surface area (Å²) in [5.74, 6) is 1.52. The molecular weight excluding hydrogens is 298 g/mol. The van der Waals surface area contributed by atoms with Crippen molar-refractivity contribution in [2.24, 2.45) is 13.0 Å². The van der Waals surface area contributed by atoms with E-state index in [1.165, 1.54) is 11.3 Å². The number of aryl methyl sites for hydroxylation is 2. The van der Waals surface area contributed by atoms with E-state index in [0.29, 0.717) is 12.0 Å². The fraction of sp³-hybridized carbons (Fsp3) is 0.579. The molecule has 1 atom stereocenters. The molecule has 0 radical (unpaired) electrons. The molecule has 1 N–H and O–H groups in total. The van der Waals surface area contributed by atoms with Crippen LogP contribution in [0.15, 0.2) is 30.6 Å². The van der Waals surface area contributed by atoms with Crippen LogP contribution in [-0.2, 0) is 7.05 Å². The van der Waals surface area contributed by atoms with E-state index in [4.69, 9.17) is 0 Å². The van der Waals surface area contributed by atoms with Crippen molar-refractivity contribution in [2.45, 2.75) is 45.7 Å². The van der Waals surface area contributed by atoms with E-state index >= 15 is 0 Å². The molecule has 1 fully saturated rings. The largest absolute Gasteiger partial charge is 0.371 e. The van der Waals surface area contributed by atoms with Gasteiger partial charge in [-0.1, -0.05) is 31.5 Å². The Bertz CT molecular complexity index is 638. The predicted molar refractivity (Wildman–Crippen MR) is 98.1 cm³/mol. The van der Waals surface area contributed by atoms with Gasteiger partial charge >= 0.3 is 0 Å². The van der Waals surface area contributed by atoms with Gasteiger partial charge in [0, 0.05) is 31.9 Å². The third-order valence-electron chi connectivity index (χ3n) is 5.00. The van der Waals surface area contributed by atoms with Crippen LogP contribution in [0.4, 0.5) is 5.69 Å². The number of hydrogen-bond donors (Lipinski definition) is 1. The molecule has 24 heavy (non-hydrogen) atoms. The first-order chi connectivity index (χ1) is 11.5. The summed E-state index contributed by atoms with van der Waals surface area (Å²) in [5.41, 5.74) is 2.66. The first-order valence-corrected chi connectivity index (χ1v) is 8.96. The van der Waals surface area contributed by atoms with Gasteiger partial charge in [-0.15, -0.1) is 0 Å². The number of anilines is 1. The van der Waals surface area contributed by atoms with Crippen LogP contribution in [0.1, 0.15) is 44.1 Å². The molecule has 5 nitrogen and oxygen atoms in total. The van der Waals surface area contributed by atoms with Gasteiger partial charge in [-0.05, 0) is 37.8 Å². The van der Waals surface area contributed by atoms with E-state index in [1.807, 2.05) is 11.7 Å². The van der Waals surface area contributed by atoms with Gasteiger partial charge < -0.3 is 10.2 Å². The minimum absolute atomic E-state index is 0.258.